The lowest BCUT2D eigenvalue weighted by Gasteiger charge is -2.61. The van der Waals surface area contributed by atoms with Gasteiger partial charge in [-0.15, -0.1) is 0 Å². The van der Waals surface area contributed by atoms with Crippen LogP contribution in [0.3, 0.4) is 0 Å². The molecular weight excluding hydrogens is 266 g/mol. The van der Waals surface area contributed by atoms with Crippen molar-refractivity contribution in [3.05, 3.63) is 0 Å². The molecule has 1 aliphatic heterocycles. The van der Waals surface area contributed by atoms with E-state index in [-0.39, 0.29) is 0 Å². The summed E-state index contributed by atoms with van der Waals surface area (Å²) in [5, 5.41) is 3.74. The quantitative estimate of drug-likeness (QED) is 0.664. The van der Waals surface area contributed by atoms with Gasteiger partial charge in [0, 0.05) is 31.3 Å². The maximum absolute atomic E-state index is 5.89. The molecule has 1 heterocycles. The lowest BCUT2D eigenvalue weighted by atomic mass is 9.51. The van der Waals surface area contributed by atoms with Crippen LogP contribution in [-0.2, 0) is 14.2 Å². The molecule has 1 spiro atoms. The maximum Gasteiger partial charge on any atom is 0.0809 e. The first kappa shape index (κ1) is 15.7. The fraction of sp³-hybridized carbons (Fsp3) is 1.00. The molecule has 3 fully saturated rings. The molecule has 1 N–H and O–H groups in total. The molecule has 3 aliphatic rings. The summed E-state index contributed by atoms with van der Waals surface area (Å²) in [6.45, 7) is 6.58. The van der Waals surface area contributed by atoms with Crippen molar-refractivity contribution in [3.63, 3.8) is 0 Å². The first-order chi connectivity index (χ1) is 10.3. The summed E-state index contributed by atoms with van der Waals surface area (Å²) in [5.74, 6) is 0. The minimum Gasteiger partial charge on any atom is -0.379 e. The molecule has 0 aromatic heterocycles. The molecule has 0 amide bonds. The third-order valence-corrected chi connectivity index (χ3v) is 5.62. The molecule has 3 rings (SSSR count). The summed E-state index contributed by atoms with van der Waals surface area (Å²) in [5.41, 5.74) is 0.481. The van der Waals surface area contributed by atoms with E-state index in [9.17, 15) is 0 Å². The molecule has 122 valence electrons. The zero-order chi connectivity index (χ0) is 14.5. The summed E-state index contributed by atoms with van der Waals surface area (Å²) >= 11 is 0. The number of nitrogens with one attached hydrogen (secondary N) is 1. The second-order valence-electron chi connectivity index (χ2n) is 6.84. The van der Waals surface area contributed by atoms with Crippen LogP contribution in [0.25, 0.3) is 0 Å². The number of rotatable bonds is 9. The molecule has 0 bridgehead atoms. The molecule has 1 saturated heterocycles. The van der Waals surface area contributed by atoms with Crippen molar-refractivity contribution in [3.8, 4) is 0 Å². The van der Waals surface area contributed by atoms with E-state index in [0.29, 0.717) is 23.7 Å². The molecule has 0 aromatic rings. The highest BCUT2D eigenvalue weighted by Crippen LogP contribution is 2.57. The van der Waals surface area contributed by atoms with Crippen LogP contribution < -0.4 is 5.32 Å². The molecule has 2 aliphatic carbocycles. The third-order valence-electron chi connectivity index (χ3n) is 5.62. The van der Waals surface area contributed by atoms with Gasteiger partial charge in [0.2, 0.25) is 0 Å². The van der Waals surface area contributed by atoms with Gasteiger partial charge in [0.1, 0.15) is 0 Å². The van der Waals surface area contributed by atoms with E-state index in [4.69, 9.17) is 14.2 Å². The van der Waals surface area contributed by atoms with Crippen LogP contribution in [0.15, 0.2) is 0 Å². The SMILES string of the molecule is CCOC1CC(NCCCOCC2CCCO2)C12CCC2. The Labute approximate surface area is 128 Å². The van der Waals surface area contributed by atoms with Crippen LogP contribution >= 0.6 is 0 Å². The van der Waals surface area contributed by atoms with Gasteiger partial charge in [0.15, 0.2) is 0 Å². The summed E-state index contributed by atoms with van der Waals surface area (Å²) in [6, 6.07) is 0.681. The molecule has 0 aromatic carbocycles. The molecule has 3 atom stereocenters. The van der Waals surface area contributed by atoms with Crippen LogP contribution in [0.1, 0.15) is 51.9 Å². The van der Waals surface area contributed by atoms with Gasteiger partial charge in [0.05, 0.1) is 18.8 Å². The van der Waals surface area contributed by atoms with Crippen molar-refractivity contribution in [2.75, 3.05) is 33.0 Å². The Morgan fingerprint density at radius 1 is 1.29 bits per heavy atom. The van der Waals surface area contributed by atoms with Crippen molar-refractivity contribution in [1.82, 2.24) is 5.32 Å². The van der Waals surface area contributed by atoms with Crippen molar-refractivity contribution < 1.29 is 14.2 Å². The Morgan fingerprint density at radius 3 is 2.86 bits per heavy atom. The summed E-state index contributed by atoms with van der Waals surface area (Å²) in [4.78, 5) is 0. The third kappa shape index (κ3) is 3.44. The highest BCUT2D eigenvalue weighted by molar-refractivity contribution is 5.12. The molecule has 21 heavy (non-hydrogen) atoms. The van der Waals surface area contributed by atoms with Crippen LogP contribution in [0.2, 0.25) is 0 Å². The fourth-order valence-corrected chi connectivity index (χ4v) is 4.17. The first-order valence-electron chi connectivity index (χ1n) is 8.89. The minimum absolute atomic E-state index is 0.356. The molecule has 4 heteroatoms. The van der Waals surface area contributed by atoms with Crippen molar-refractivity contribution in [2.45, 2.75) is 70.1 Å². The Morgan fingerprint density at radius 2 is 2.19 bits per heavy atom. The van der Waals surface area contributed by atoms with E-state index in [1.54, 1.807) is 0 Å². The Kier molecular flexibility index (Phi) is 5.54. The van der Waals surface area contributed by atoms with Crippen LogP contribution in [-0.4, -0.2) is 51.2 Å². The molecule has 0 radical (unpaired) electrons. The molecular formula is C17H31NO3. The predicted molar refractivity (Wildman–Crippen MR) is 82.5 cm³/mol. The predicted octanol–water partition coefficient (Wildman–Crippen LogP) is 2.51. The van der Waals surface area contributed by atoms with Crippen LogP contribution in [0.4, 0.5) is 0 Å². The van der Waals surface area contributed by atoms with Gasteiger partial charge >= 0.3 is 0 Å². The molecule has 2 saturated carbocycles. The van der Waals surface area contributed by atoms with Gasteiger partial charge in [-0.1, -0.05) is 6.42 Å². The van der Waals surface area contributed by atoms with Gasteiger partial charge in [-0.3, -0.25) is 0 Å². The smallest absolute Gasteiger partial charge is 0.0809 e. The minimum atomic E-state index is 0.356. The summed E-state index contributed by atoms with van der Waals surface area (Å²) < 4.78 is 17.2. The Hall–Kier alpha value is -0.160. The van der Waals surface area contributed by atoms with Gasteiger partial charge in [-0.2, -0.15) is 0 Å². The fourth-order valence-electron chi connectivity index (χ4n) is 4.17. The Balaban J connectivity index is 1.24. The van der Waals surface area contributed by atoms with Gasteiger partial charge in [0.25, 0.3) is 0 Å². The lowest BCUT2D eigenvalue weighted by molar-refractivity contribution is -0.172. The second kappa shape index (κ2) is 7.40. The van der Waals surface area contributed by atoms with Gasteiger partial charge < -0.3 is 19.5 Å². The first-order valence-corrected chi connectivity index (χ1v) is 8.89. The van der Waals surface area contributed by atoms with Crippen LogP contribution in [0, 0.1) is 5.41 Å². The number of ether oxygens (including phenoxy) is 3. The highest BCUT2D eigenvalue weighted by Gasteiger charge is 2.58. The molecule has 3 unspecified atom stereocenters. The Bertz CT molecular complexity index is 313. The van der Waals surface area contributed by atoms with E-state index in [2.05, 4.69) is 12.2 Å². The van der Waals surface area contributed by atoms with E-state index >= 15 is 0 Å². The monoisotopic (exact) mass is 297 g/mol. The van der Waals surface area contributed by atoms with Crippen molar-refractivity contribution in [1.29, 1.82) is 0 Å². The normalized spacial score (nSPS) is 33.9. The summed E-state index contributed by atoms with van der Waals surface area (Å²) in [6.07, 6.45) is 9.62. The van der Waals surface area contributed by atoms with Crippen molar-refractivity contribution in [2.24, 2.45) is 5.41 Å². The zero-order valence-electron chi connectivity index (χ0n) is 13.4. The summed E-state index contributed by atoms with van der Waals surface area (Å²) in [7, 11) is 0. The average Bonchev–Trinajstić information content (AvgIpc) is 2.91. The van der Waals surface area contributed by atoms with Gasteiger partial charge in [-0.25, -0.2) is 0 Å². The largest absolute Gasteiger partial charge is 0.379 e. The molecule has 4 nitrogen and oxygen atoms in total. The lowest BCUT2D eigenvalue weighted by Crippen LogP contribution is -2.67. The van der Waals surface area contributed by atoms with Crippen molar-refractivity contribution >= 4 is 0 Å². The van der Waals surface area contributed by atoms with Gasteiger partial charge in [-0.05, 0) is 52.0 Å². The van der Waals surface area contributed by atoms with E-state index < -0.39 is 0 Å². The maximum atomic E-state index is 5.89. The van der Waals surface area contributed by atoms with Crippen LogP contribution in [0.5, 0.6) is 0 Å². The topological polar surface area (TPSA) is 39.7 Å². The van der Waals surface area contributed by atoms with E-state index in [0.717, 1.165) is 39.4 Å². The number of hydrogen-bond acceptors (Lipinski definition) is 4. The highest BCUT2D eigenvalue weighted by atomic mass is 16.5. The zero-order valence-corrected chi connectivity index (χ0v) is 13.4. The van der Waals surface area contributed by atoms with E-state index in [1.165, 1.54) is 38.5 Å². The number of hydrogen-bond donors (Lipinski definition) is 1. The standard InChI is InChI=1S/C17H31NO3/c1-2-20-16-12-15(17(16)7-4-8-17)18-9-5-10-19-13-14-6-3-11-21-14/h14-16,18H,2-13H2,1H3. The second-order valence-corrected chi connectivity index (χ2v) is 6.84. The average molecular weight is 297 g/mol. The van der Waals surface area contributed by atoms with E-state index in [1.807, 2.05) is 0 Å².